The smallest absolute Gasteiger partial charge is 0.0412 e. The molecule has 1 atom stereocenters. The fourth-order valence-corrected chi connectivity index (χ4v) is 3.04. The molecule has 1 aromatic carbocycles. The van der Waals surface area contributed by atoms with E-state index in [1.54, 1.807) is 0 Å². The Hall–Kier alpha value is -1.06. The van der Waals surface area contributed by atoms with Crippen LogP contribution in [0.2, 0.25) is 0 Å². The highest BCUT2D eigenvalue weighted by atomic mass is 15.2. The molecular formula is C18H31N3. The van der Waals surface area contributed by atoms with Crippen molar-refractivity contribution in [3.63, 3.8) is 0 Å². The van der Waals surface area contributed by atoms with Gasteiger partial charge in [0.25, 0.3) is 0 Å². The zero-order chi connectivity index (χ0) is 15.4. The SMILES string of the molecule is Cc1ccc(N2CCC(N(C)C)C2)c(CNCC(C)C)c1. The van der Waals surface area contributed by atoms with Crippen molar-refractivity contribution in [2.75, 3.05) is 38.6 Å². The number of benzene rings is 1. The Balaban J connectivity index is 2.08. The number of hydrogen-bond acceptors (Lipinski definition) is 3. The Bertz CT molecular complexity index is 454. The molecule has 0 aliphatic carbocycles. The minimum atomic E-state index is 0.683. The Morgan fingerprint density at radius 1 is 1.33 bits per heavy atom. The second kappa shape index (κ2) is 7.28. The van der Waals surface area contributed by atoms with Crippen molar-refractivity contribution in [3.8, 4) is 0 Å². The molecule has 1 aromatic rings. The van der Waals surface area contributed by atoms with Crippen molar-refractivity contribution in [2.45, 2.75) is 39.8 Å². The number of aryl methyl sites for hydroxylation is 1. The number of hydrogen-bond donors (Lipinski definition) is 1. The van der Waals surface area contributed by atoms with Gasteiger partial charge < -0.3 is 15.1 Å². The summed E-state index contributed by atoms with van der Waals surface area (Å²) in [4.78, 5) is 4.90. The molecule has 2 rings (SSSR count). The molecule has 1 aliphatic heterocycles. The number of rotatable bonds is 6. The number of nitrogens with zero attached hydrogens (tertiary/aromatic N) is 2. The predicted molar refractivity (Wildman–Crippen MR) is 92.0 cm³/mol. The first kappa shape index (κ1) is 16.3. The van der Waals surface area contributed by atoms with Crippen LogP contribution in [0.15, 0.2) is 18.2 Å². The zero-order valence-electron chi connectivity index (χ0n) is 14.3. The largest absolute Gasteiger partial charge is 0.370 e. The molecule has 3 nitrogen and oxygen atoms in total. The summed E-state index contributed by atoms with van der Waals surface area (Å²) in [6.07, 6.45) is 1.26. The molecule has 118 valence electrons. The quantitative estimate of drug-likeness (QED) is 0.869. The average Bonchev–Trinajstić information content (AvgIpc) is 2.88. The summed E-state index contributed by atoms with van der Waals surface area (Å²) in [5.41, 5.74) is 4.21. The first-order valence-electron chi connectivity index (χ1n) is 8.19. The van der Waals surface area contributed by atoms with Crippen molar-refractivity contribution < 1.29 is 0 Å². The highest BCUT2D eigenvalue weighted by Gasteiger charge is 2.25. The lowest BCUT2D eigenvalue weighted by molar-refractivity contribution is 0.315. The maximum atomic E-state index is 3.59. The normalized spacial score (nSPS) is 19.0. The van der Waals surface area contributed by atoms with Crippen molar-refractivity contribution in [1.82, 2.24) is 10.2 Å². The van der Waals surface area contributed by atoms with E-state index in [0.29, 0.717) is 12.0 Å². The highest BCUT2D eigenvalue weighted by molar-refractivity contribution is 5.56. The predicted octanol–water partition coefficient (Wildman–Crippen LogP) is 2.88. The van der Waals surface area contributed by atoms with E-state index in [1.807, 2.05) is 0 Å². The van der Waals surface area contributed by atoms with Gasteiger partial charge in [0.2, 0.25) is 0 Å². The first-order valence-corrected chi connectivity index (χ1v) is 8.19. The van der Waals surface area contributed by atoms with E-state index in [1.165, 1.54) is 29.8 Å². The van der Waals surface area contributed by atoms with Crippen LogP contribution in [0.4, 0.5) is 5.69 Å². The minimum absolute atomic E-state index is 0.683. The van der Waals surface area contributed by atoms with Gasteiger partial charge in [0, 0.05) is 31.4 Å². The minimum Gasteiger partial charge on any atom is -0.370 e. The Morgan fingerprint density at radius 3 is 2.71 bits per heavy atom. The van der Waals surface area contributed by atoms with Gasteiger partial charge in [-0.15, -0.1) is 0 Å². The van der Waals surface area contributed by atoms with Crippen LogP contribution in [-0.4, -0.2) is 44.7 Å². The standard InChI is InChI=1S/C18H31N3/c1-14(2)11-19-12-16-10-15(3)6-7-18(16)21-9-8-17(13-21)20(4)5/h6-7,10,14,17,19H,8-9,11-13H2,1-5H3. The van der Waals surface area contributed by atoms with Crippen molar-refractivity contribution in [1.29, 1.82) is 0 Å². The number of nitrogens with one attached hydrogen (secondary N) is 1. The second-order valence-corrected chi connectivity index (χ2v) is 7.01. The monoisotopic (exact) mass is 289 g/mol. The van der Waals surface area contributed by atoms with Crippen LogP contribution in [0.5, 0.6) is 0 Å². The molecule has 1 fully saturated rings. The number of likely N-dealkylation sites (N-methyl/N-ethyl adjacent to an activating group) is 1. The third-order valence-corrected chi connectivity index (χ3v) is 4.34. The zero-order valence-corrected chi connectivity index (χ0v) is 14.3. The summed E-state index contributed by atoms with van der Waals surface area (Å²) in [6, 6.07) is 7.57. The maximum absolute atomic E-state index is 3.59. The van der Waals surface area contributed by atoms with E-state index in [4.69, 9.17) is 0 Å². The van der Waals surface area contributed by atoms with Crippen molar-refractivity contribution >= 4 is 5.69 Å². The molecule has 1 aliphatic rings. The van der Waals surface area contributed by atoms with Crippen LogP contribution in [0.1, 0.15) is 31.4 Å². The van der Waals surface area contributed by atoms with E-state index < -0.39 is 0 Å². The molecule has 0 saturated carbocycles. The van der Waals surface area contributed by atoms with Gasteiger partial charge in [0.05, 0.1) is 0 Å². The molecule has 0 radical (unpaired) electrons. The number of anilines is 1. The van der Waals surface area contributed by atoms with Crippen LogP contribution in [0.3, 0.4) is 0 Å². The summed E-state index contributed by atoms with van der Waals surface area (Å²) in [5.74, 6) is 0.697. The second-order valence-electron chi connectivity index (χ2n) is 7.01. The van der Waals surface area contributed by atoms with Gasteiger partial charge in [0.1, 0.15) is 0 Å². The topological polar surface area (TPSA) is 18.5 Å². The fraction of sp³-hybridized carbons (Fsp3) is 0.667. The van der Waals surface area contributed by atoms with Crippen LogP contribution >= 0.6 is 0 Å². The lowest BCUT2D eigenvalue weighted by Crippen LogP contribution is -2.32. The third-order valence-electron chi connectivity index (χ3n) is 4.34. The van der Waals surface area contributed by atoms with Gasteiger partial charge in [-0.05, 0) is 51.5 Å². The molecule has 0 bridgehead atoms. The van der Waals surface area contributed by atoms with Crippen LogP contribution < -0.4 is 10.2 Å². The van der Waals surface area contributed by atoms with Crippen LogP contribution in [0, 0.1) is 12.8 Å². The summed E-state index contributed by atoms with van der Waals surface area (Å²) < 4.78 is 0. The molecule has 0 amide bonds. The highest BCUT2D eigenvalue weighted by Crippen LogP contribution is 2.27. The Labute approximate surface area is 130 Å². The molecule has 1 saturated heterocycles. The van der Waals surface area contributed by atoms with E-state index in [2.05, 4.69) is 68.2 Å². The average molecular weight is 289 g/mol. The van der Waals surface area contributed by atoms with Crippen molar-refractivity contribution in [3.05, 3.63) is 29.3 Å². The van der Waals surface area contributed by atoms with Gasteiger partial charge in [-0.1, -0.05) is 31.5 Å². The fourth-order valence-electron chi connectivity index (χ4n) is 3.04. The van der Waals surface area contributed by atoms with Crippen molar-refractivity contribution in [2.24, 2.45) is 5.92 Å². The van der Waals surface area contributed by atoms with E-state index in [0.717, 1.165) is 19.6 Å². The summed E-state index contributed by atoms with van der Waals surface area (Å²) in [7, 11) is 4.38. The Kier molecular flexibility index (Phi) is 5.65. The van der Waals surface area contributed by atoms with Crippen LogP contribution in [0.25, 0.3) is 0 Å². The molecular weight excluding hydrogens is 258 g/mol. The van der Waals surface area contributed by atoms with Gasteiger partial charge in [0.15, 0.2) is 0 Å². The lowest BCUT2D eigenvalue weighted by Gasteiger charge is -2.24. The lowest BCUT2D eigenvalue weighted by atomic mass is 10.1. The van der Waals surface area contributed by atoms with E-state index in [-0.39, 0.29) is 0 Å². The summed E-state index contributed by atoms with van der Waals surface area (Å²) in [6.45, 7) is 11.1. The van der Waals surface area contributed by atoms with E-state index >= 15 is 0 Å². The third kappa shape index (κ3) is 4.45. The molecule has 1 unspecified atom stereocenters. The maximum Gasteiger partial charge on any atom is 0.0412 e. The van der Waals surface area contributed by atoms with E-state index in [9.17, 15) is 0 Å². The Morgan fingerprint density at radius 2 is 2.10 bits per heavy atom. The molecule has 3 heteroatoms. The summed E-state index contributed by atoms with van der Waals surface area (Å²) >= 11 is 0. The molecule has 1 N–H and O–H groups in total. The molecule has 1 heterocycles. The molecule has 21 heavy (non-hydrogen) atoms. The molecule has 0 aromatic heterocycles. The first-order chi connectivity index (χ1) is 9.97. The summed E-state index contributed by atoms with van der Waals surface area (Å²) in [5, 5.41) is 3.59. The van der Waals surface area contributed by atoms with Crippen LogP contribution in [-0.2, 0) is 6.54 Å². The van der Waals surface area contributed by atoms with Gasteiger partial charge >= 0.3 is 0 Å². The van der Waals surface area contributed by atoms with Gasteiger partial charge in [-0.2, -0.15) is 0 Å². The van der Waals surface area contributed by atoms with Gasteiger partial charge in [-0.25, -0.2) is 0 Å². The van der Waals surface area contributed by atoms with Gasteiger partial charge in [-0.3, -0.25) is 0 Å². The molecule has 0 spiro atoms.